The molecule has 1 fully saturated rings. The normalized spacial score (nSPS) is 19.7. The highest BCUT2D eigenvalue weighted by Crippen LogP contribution is 2.27. The number of ether oxygens (including phenoxy) is 2. The molecule has 2 rings (SSSR count). The van der Waals surface area contributed by atoms with Gasteiger partial charge >= 0.3 is 0 Å². The highest BCUT2D eigenvalue weighted by Gasteiger charge is 2.15. The SMILES string of the molecule is CCOc1ccccc1OCC1NCCS1. The van der Waals surface area contributed by atoms with Gasteiger partial charge in [-0.3, -0.25) is 0 Å². The first-order chi connectivity index (χ1) is 7.90. The zero-order valence-corrected chi connectivity index (χ0v) is 10.3. The lowest BCUT2D eigenvalue weighted by molar-refractivity contribution is 0.272. The molecule has 4 heteroatoms. The Balaban J connectivity index is 1.91. The second-order valence-electron chi connectivity index (χ2n) is 3.50. The minimum atomic E-state index is 0.412. The zero-order valence-electron chi connectivity index (χ0n) is 9.44. The molecule has 1 unspecified atom stereocenters. The highest BCUT2D eigenvalue weighted by atomic mass is 32.2. The molecule has 1 aliphatic rings. The molecule has 0 spiro atoms. The summed E-state index contributed by atoms with van der Waals surface area (Å²) in [5.74, 6) is 2.83. The van der Waals surface area contributed by atoms with Crippen molar-refractivity contribution >= 4 is 11.8 Å². The third-order valence-electron chi connectivity index (χ3n) is 2.33. The molecule has 0 aliphatic carbocycles. The van der Waals surface area contributed by atoms with Crippen LogP contribution in [0, 0.1) is 0 Å². The van der Waals surface area contributed by atoms with Crippen LogP contribution in [-0.2, 0) is 0 Å². The van der Waals surface area contributed by atoms with Crippen LogP contribution < -0.4 is 14.8 Å². The maximum absolute atomic E-state index is 5.77. The minimum Gasteiger partial charge on any atom is -0.490 e. The van der Waals surface area contributed by atoms with Crippen molar-refractivity contribution in [3.8, 4) is 11.5 Å². The summed E-state index contributed by atoms with van der Waals surface area (Å²) in [4.78, 5) is 0. The average Bonchev–Trinajstić information content (AvgIpc) is 2.81. The van der Waals surface area contributed by atoms with E-state index < -0.39 is 0 Å². The molecule has 1 aromatic rings. The van der Waals surface area contributed by atoms with Gasteiger partial charge in [0.1, 0.15) is 6.61 Å². The molecule has 1 aliphatic heterocycles. The standard InChI is InChI=1S/C12H17NO2S/c1-2-14-10-5-3-4-6-11(10)15-9-12-13-7-8-16-12/h3-6,12-13H,2,7-9H2,1H3. The van der Waals surface area contributed by atoms with Crippen molar-refractivity contribution in [3.05, 3.63) is 24.3 Å². The van der Waals surface area contributed by atoms with E-state index in [4.69, 9.17) is 9.47 Å². The van der Waals surface area contributed by atoms with Crippen molar-refractivity contribution in [1.82, 2.24) is 5.32 Å². The highest BCUT2D eigenvalue weighted by molar-refractivity contribution is 8.00. The van der Waals surface area contributed by atoms with Crippen LogP contribution in [0.5, 0.6) is 11.5 Å². The molecule has 88 valence electrons. The Morgan fingerprint density at radius 3 is 2.69 bits per heavy atom. The topological polar surface area (TPSA) is 30.5 Å². The second-order valence-corrected chi connectivity index (χ2v) is 4.81. The Hall–Kier alpha value is -0.870. The number of benzene rings is 1. The fourth-order valence-electron chi connectivity index (χ4n) is 1.60. The molecular formula is C12H17NO2S. The van der Waals surface area contributed by atoms with Gasteiger partial charge in [-0.25, -0.2) is 0 Å². The predicted octanol–water partition coefficient (Wildman–Crippen LogP) is 2.13. The molecule has 1 N–H and O–H groups in total. The first-order valence-corrected chi connectivity index (χ1v) is 6.64. The van der Waals surface area contributed by atoms with Crippen LogP contribution in [0.1, 0.15) is 6.92 Å². The van der Waals surface area contributed by atoms with E-state index in [1.165, 1.54) is 5.75 Å². The van der Waals surface area contributed by atoms with Crippen LogP contribution in [0.4, 0.5) is 0 Å². The fraction of sp³-hybridized carbons (Fsp3) is 0.500. The summed E-state index contributed by atoms with van der Waals surface area (Å²) in [5, 5.41) is 3.79. The van der Waals surface area contributed by atoms with E-state index >= 15 is 0 Å². The quantitative estimate of drug-likeness (QED) is 0.852. The third-order valence-corrected chi connectivity index (χ3v) is 3.48. The fourth-order valence-corrected chi connectivity index (χ4v) is 2.52. The lowest BCUT2D eigenvalue weighted by atomic mass is 10.3. The molecule has 1 atom stereocenters. The van der Waals surface area contributed by atoms with Gasteiger partial charge < -0.3 is 14.8 Å². The van der Waals surface area contributed by atoms with Crippen molar-refractivity contribution < 1.29 is 9.47 Å². The number of para-hydroxylation sites is 2. The monoisotopic (exact) mass is 239 g/mol. The van der Waals surface area contributed by atoms with Gasteiger partial charge in [0.15, 0.2) is 11.5 Å². The molecule has 1 aromatic carbocycles. The van der Waals surface area contributed by atoms with Crippen LogP contribution in [0.3, 0.4) is 0 Å². The Kier molecular flexibility index (Phi) is 4.36. The van der Waals surface area contributed by atoms with E-state index in [2.05, 4.69) is 5.32 Å². The van der Waals surface area contributed by atoms with Gasteiger partial charge in [0.2, 0.25) is 0 Å². The van der Waals surface area contributed by atoms with E-state index in [0.717, 1.165) is 18.0 Å². The van der Waals surface area contributed by atoms with Crippen LogP contribution in [0.2, 0.25) is 0 Å². The predicted molar refractivity (Wildman–Crippen MR) is 67.4 cm³/mol. The van der Waals surface area contributed by atoms with Gasteiger partial charge in [-0.1, -0.05) is 12.1 Å². The summed E-state index contributed by atoms with van der Waals surface area (Å²) < 4.78 is 11.3. The Morgan fingerprint density at radius 2 is 2.06 bits per heavy atom. The van der Waals surface area contributed by atoms with E-state index in [-0.39, 0.29) is 0 Å². The average molecular weight is 239 g/mol. The molecule has 1 heterocycles. The maximum atomic E-state index is 5.77. The van der Waals surface area contributed by atoms with Crippen LogP contribution in [-0.4, -0.2) is 30.9 Å². The molecule has 0 bridgehead atoms. The van der Waals surface area contributed by atoms with E-state index in [9.17, 15) is 0 Å². The van der Waals surface area contributed by atoms with E-state index in [1.807, 2.05) is 43.0 Å². The van der Waals surface area contributed by atoms with Crippen molar-refractivity contribution in [2.75, 3.05) is 25.5 Å². The van der Waals surface area contributed by atoms with Gasteiger partial charge in [0.05, 0.1) is 12.0 Å². The van der Waals surface area contributed by atoms with Crippen LogP contribution in [0.15, 0.2) is 24.3 Å². The van der Waals surface area contributed by atoms with Gasteiger partial charge in [0.25, 0.3) is 0 Å². The molecule has 3 nitrogen and oxygen atoms in total. The number of hydrogen-bond donors (Lipinski definition) is 1. The number of rotatable bonds is 5. The number of hydrogen-bond acceptors (Lipinski definition) is 4. The van der Waals surface area contributed by atoms with Crippen LogP contribution >= 0.6 is 11.8 Å². The summed E-state index contributed by atoms with van der Waals surface area (Å²) in [6, 6.07) is 7.81. The third kappa shape index (κ3) is 3.06. The van der Waals surface area contributed by atoms with E-state index in [0.29, 0.717) is 18.6 Å². The summed E-state index contributed by atoms with van der Waals surface area (Å²) in [6.07, 6.45) is 0. The summed E-state index contributed by atoms with van der Waals surface area (Å²) >= 11 is 1.90. The zero-order chi connectivity index (χ0) is 11.2. The second kappa shape index (κ2) is 6.01. The molecule has 0 radical (unpaired) electrons. The molecule has 16 heavy (non-hydrogen) atoms. The lowest BCUT2D eigenvalue weighted by Gasteiger charge is -2.14. The Labute approximate surface area is 101 Å². The first-order valence-electron chi connectivity index (χ1n) is 5.59. The first kappa shape index (κ1) is 11.6. The van der Waals surface area contributed by atoms with Crippen molar-refractivity contribution in [2.45, 2.75) is 12.3 Å². The van der Waals surface area contributed by atoms with Crippen molar-refractivity contribution in [2.24, 2.45) is 0 Å². The number of nitrogens with one attached hydrogen (secondary N) is 1. The van der Waals surface area contributed by atoms with Gasteiger partial charge in [-0.05, 0) is 19.1 Å². The molecule has 0 saturated carbocycles. The lowest BCUT2D eigenvalue weighted by Crippen LogP contribution is -2.26. The molecular weight excluding hydrogens is 222 g/mol. The Morgan fingerprint density at radius 1 is 1.31 bits per heavy atom. The summed E-state index contributed by atoms with van der Waals surface area (Å²) in [7, 11) is 0. The van der Waals surface area contributed by atoms with E-state index in [1.54, 1.807) is 0 Å². The largest absolute Gasteiger partial charge is 0.490 e. The Bertz CT molecular complexity index is 327. The number of thioether (sulfide) groups is 1. The summed E-state index contributed by atoms with van der Waals surface area (Å²) in [6.45, 7) is 4.41. The molecule has 0 aromatic heterocycles. The van der Waals surface area contributed by atoms with Gasteiger partial charge in [0, 0.05) is 12.3 Å². The smallest absolute Gasteiger partial charge is 0.161 e. The van der Waals surface area contributed by atoms with Crippen molar-refractivity contribution in [1.29, 1.82) is 0 Å². The minimum absolute atomic E-state index is 0.412. The maximum Gasteiger partial charge on any atom is 0.161 e. The molecule has 0 amide bonds. The summed E-state index contributed by atoms with van der Waals surface area (Å²) in [5.41, 5.74) is 0. The molecule has 1 saturated heterocycles. The van der Waals surface area contributed by atoms with Gasteiger partial charge in [-0.2, -0.15) is 0 Å². The van der Waals surface area contributed by atoms with Crippen LogP contribution in [0.25, 0.3) is 0 Å². The van der Waals surface area contributed by atoms with Gasteiger partial charge in [-0.15, -0.1) is 11.8 Å². The van der Waals surface area contributed by atoms with Crippen molar-refractivity contribution in [3.63, 3.8) is 0 Å².